The first-order chi connectivity index (χ1) is 5.75. The first kappa shape index (κ1) is 9.01. The molecule has 0 saturated heterocycles. The predicted molar refractivity (Wildman–Crippen MR) is 51.2 cm³/mol. The molecular formula is C10H9ClO. The molecule has 0 amide bonds. The quantitative estimate of drug-likeness (QED) is 0.505. The van der Waals surface area contributed by atoms with Crippen LogP contribution >= 0.6 is 11.6 Å². The first-order valence-corrected chi connectivity index (χ1v) is 4.00. The van der Waals surface area contributed by atoms with E-state index in [0.717, 1.165) is 17.4 Å². The van der Waals surface area contributed by atoms with Gasteiger partial charge in [0, 0.05) is 5.02 Å². The molecule has 2 heteroatoms. The summed E-state index contributed by atoms with van der Waals surface area (Å²) in [4.78, 5) is 10.2. The molecule has 0 spiro atoms. The van der Waals surface area contributed by atoms with Crippen molar-refractivity contribution < 1.29 is 4.79 Å². The molecule has 0 saturated carbocycles. The van der Waals surface area contributed by atoms with Gasteiger partial charge in [0.1, 0.15) is 6.29 Å². The molecule has 12 heavy (non-hydrogen) atoms. The number of hydrogen-bond acceptors (Lipinski definition) is 1. The Hall–Kier alpha value is -1.08. The zero-order chi connectivity index (χ0) is 8.97. The van der Waals surface area contributed by atoms with E-state index in [1.54, 1.807) is 6.07 Å². The zero-order valence-corrected chi connectivity index (χ0v) is 7.51. The second kappa shape index (κ2) is 4.07. The Morgan fingerprint density at radius 3 is 2.67 bits per heavy atom. The summed E-state index contributed by atoms with van der Waals surface area (Å²) in [6.45, 7) is 1.86. The summed E-state index contributed by atoms with van der Waals surface area (Å²) >= 11 is 5.90. The molecule has 0 aromatic heterocycles. The summed E-state index contributed by atoms with van der Waals surface area (Å²) in [5.41, 5.74) is 1.79. The number of carbonyl (C=O) groups excluding carboxylic acids is 1. The average molecular weight is 181 g/mol. The molecule has 1 nitrogen and oxygen atoms in total. The number of rotatable bonds is 2. The lowest BCUT2D eigenvalue weighted by Crippen LogP contribution is -1.80. The summed E-state index contributed by atoms with van der Waals surface area (Å²) in [5.74, 6) is 0. The third-order valence-electron chi connectivity index (χ3n) is 1.62. The Balaban J connectivity index is 3.10. The Morgan fingerprint density at radius 2 is 2.08 bits per heavy atom. The molecule has 0 aliphatic heterocycles. The number of benzene rings is 1. The smallest absolute Gasteiger partial charge is 0.143 e. The summed E-state index contributed by atoms with van der Waals surface area (Å²) in [6.07, 6.45) is 2.26. The highest BCUT2D eigenvalue weighted by molar-refractivity contribution is 6.32. The van der Waals surface area contributed by atoms with Gasteiger partial charge in [-0.15, -0.1) is 0 Å². The second-order valence-corrected chi connectivity index (χ2v) is 2.87. The van der Waals surface area contributed by atoms with Gasteiger partial charge in [0.25, 0.3) is 0 Å². The maximum Gasteiger partial charge on any atom is 0.143 e. The van der Waals surface area contributed by atoms with Crippen LogP contribution in [0.4, 0.5) is 0 Å². The molecule has 0 aliphatic carbocycles. The Labute approximate surface area is 76.7 Å². The van der Waals surface area contributed by atoms with E-state index in [1.807, 2.05) is 25.1 Å². The van der Waals surface area contributed by atoms with Crippen LogP contribution in [0.2, 0.25) is 5.02 Å². The fraction of sp³-hybridized carbons (Fsp3) is 0.100. The summed E-state index contributed by atoms with van der Waals surface area (Å²) < 4.78 is 0. The van der Waals surface area contributed by atoms with Crippen molar-refractivity contribution in [3.8, 4) is 0 Å². The van der Waals surface area contributed by atoms with Crippen molar-refractivity contribution in [2.24, 2.45) is 0 Å². The van der Waals surface area contributed by atoms with E-state index in [4.69, 9.17) is 11.6 Å². The average Bonchev–Trinajstić information content (AvgIpc) is 2.05. The molecule has 1 aromatic rings. The second-order valence-electron chi connectivity index (χ2n) is 2.47. The molecular weight excluding hydrogens is 172 g/mol. The highest BCUT2D eigenvalue weighted by Crippen LogP contribution is 2.22. The topological polar surface area (TPSA) is 17.1 Å². The minimum Gasteiger partial charge on any atom is -0.299 e. The fourth-order valence-electron chi connectivity index (χ4n) is 0.973. The number of halogens is 1. The van der Waals surface area contributed by atoms with Crippen molar-refractivity contribution in [3.05, 3.63) is 40.9 Å². The van der Waals surface area contributed by atoms with Crippen molar-refractivity contribution in [1.29, 1.82) is 0 Å². The molecule has 0 fully saturated rings. The van der Waals surface area contributed by atoms with E-state index in [9.17, 15) is 4.79 Å². The molecule has 62 valence electrons. The van der Waals surface area contributed by atoms with Gasteiger partial charge in [-0.3, -0.25) is 4.79 Å². The van der Waals surface area contributed by atoms with Gasteiger partial charge in [-0.1, -0.05) is 29.8 Å². The molecule has 0 unspecified atom stereocenters. The van der Waals surface area contributed by atoms with Gasteiger partial charge in [-0.05, 0) is 30.2 Å². The Bertz CT molecular complexity index is 315. The molecule has 1 rings (SSSR count). The monoisotopic (exact) mass is 180 g/mol. The first-order valence-electron chi connectivity index (χ1n) is 3.62. The third-order valence-corrected chi connectivity index (χ3v) is 1.95. The van der Waals surface area contributed by atoms with Crippen molar-refractivity contribution in [2.45, 2.75) is 6.92 Å². The van der Waals surface area contributed by atoms with Crippen LogP contribution in [0, 0.1) is 0 Å². The lowest BCUT2D eigenvalue weighted by molar-refractivity contribution is -0.104. The number of aldehydes is 1. The molecule has 0 bridgehead atoms. The number of allylic oxidation sites excluding steroid dienone is 2. The van der Waals surface area contributed by atoms with Crippen LogP contribution < -0.4 is 0 Å². The van der Waals surface area contributed by atoms with Gasteiger partial charge >= 0.3 is 0 Å². The minimum absolute atomic E-state index is 0.674. The lowest BCUT2D eigenvalue weighted by Gasteiger charge is -2.01. The van der Waals surface area contributed by atoms with E-state index in [2.05, 4.69) is 0 Å². The van der Waals surface area contributed by atoms with E-state index in [-0.39, 0.29) is 0 Å². The molecule has 1 aromatic carbocycles. The van der Waals surface area contributed by atoms with Crippen molar-refractivity contribution in [2.75, 3.05) is 0 Å². The largest absolute Gasteiger partial charge is 0.299 e. The van der Waals surface area contributed by atoms with Gasteiger partial charge in [0.15, 0.2) is 0 Å². The van der Waals surface area contributed by atoms with Gasteiger partial charge in [0.05, 0.1) is 0 Å². The molecule has 0 atom stereocenters. The third kappa shape index (κ3) is 1.95. The number of carbonyl (C=O) groups is 1. The highest BCUT2D eigenvalue weighted by Gasteiger charge is 1.98. The van der Waals surface area contributed by atoms with Crippen molar-refractivity contribution >= 4 is 23.5 Å². The standard InChI is InChI=1S/C10H9ClO/c1-8(6-7-12)9-4-2-3-5-10(9)11/h2-7H,1H3/b8-6-. The Kier molecular flexibility index (Phi) is 3.06. The van der Waals surface area contributed by atoms with Crippen LogP contribution in [0.15, 0.2) is 30.3 Å². The zero-order valence-electron chi connectivity index (χ0n) is 6.75. The molecule has 0 aliphatic rings. The number of hydrogen-bond donors (Lipinski definition) is 0. The normalized spacial score (nSPS) is 11.3. The van der Waals surface area contributed by atoms with Crippen LogP contribution in [0.3, 0.4) is 0 Å². The maximum atomic E-state index is 10.2. The van der Waals surface area contributed by atoms with E-state index in [1.165, 1.54) is 6.08 Å². The lowest BCUT2D eigenvalue weighted by atomic mass is 10.1. The summed E-state index contributed by atoms with van der Waals surface area (Å²) in [5, 5.41) is 0.674. The molecule has 0 radical (unpaired) electrons. The van der Waals surface area contributed by atoms with Crippen LogP contribution in [0.25, 0.3) is 5.57 Å². The van der Waals surface area contributed by atoms with Crippen molar-refractivity contribution in [3.63, 3.8) is 0 Å². The van der Waals surface area contributed by atoms with E-state index < -0.39 is 0 Å². The van der Waals surface area contributed by atoms with Crippen LogP contribution in [0.5, 0.6) is 0 Å². The fourth-order valence-corrected chi connectivity index (χ4v) is 1.26. The van der Waals surface area contributed by atoms with Crippen LogP contribution in [-0.2, 0) is 4.79 Å². The molecule has 0 heterocycles. The van der Waals surface area contributed by atoms with Crippen LogP contribution in [0.1, 0.15) is 12.5 Å². The van der Waals surface area contributed by atoms with Crippen LogP contribution in [-0.4, -0.2) is 6.29 Å². The summed E-state index contributed by atoms with van der Waals surface area (Å²) in [7, 11) is 0. The van der Waals surface area contributed by atoms with E-state index in [0.29, 0.717) is 5.02 Å². The predicted octanol–water partition coefficient (Wildman–Crippen LogP) is 2.94. The Morgan fingerprint density at radius 1 is 1.42 bits per heavy atom. The van der Waals surface area contributed by atoms with Gasteiger partial charge in [-0.2, -0.15) is 0 Å². The van der Waals surface area contributed by atoms with Crippen molar-refractivity contribution in [1.82, 2.24) is 0 Å². The van der Waals surface area contributed by atoms with Gasteiger partial charge < -0.3 is 0 Å². The maximum absolute atomic E-state index is 10.2. The van der Waals surface area contributed by atoms with Gasteiger partial charge in [-0.25, -0.2) is 0 Å². The highest BCUT2D eigenvalue weighted by atomic mass is 35.5. The minimum atomic E-state index is 0.674. The van der Waals surface area contributed by atoms with E-state index >= 15 is 0 Å². The SMILES string of the molecule is C/C(=C/C=O)c1ccccc1Cl. The summed E-state index contributed by atoms with van der Waals surface area (Å²) in [6, 6.07) is 7.44. The van der Waals surface area contributed by atoms with Gasteiger partial charge in [0.2, 0.25) is 0 Å². The molecule has 0 N–H and O–H groups in total.